The molecule has 0 saturated heterocycles. The summed E-state index contributed by atoms with van der Waals surface area (Å²) in [7, 11) is 0. The average Bonchev–Trinajstić information content (AvgIpc) is 3.31. The Morgan fingerprint density at radius 2 is 1.75 bits per heavy atom. The van der Waals surface area contributed by atoms with Crippen LogP contribution in [0.5, 0.6) is 5.75 Å². The Balaban J connectivity index is 1.62. The third-order valence-corrected chi connectivity index (χ3v) is 4.59. The van der Waals surface area contributed by atoms with Crippen LogP contribution in [0, 0.1) is 0 Å². The van der Waals surface area contributed by atoms with E-state index in [1.807, 2.05) is 48.5 Å². The Labute approximate surface area is 140 Å². The molecule has 2 aliphatic rings. The summed E-state index contributed by atoms with van der Waals surface area (Å²) in [6.45, 7) is 0. The van der Waals surface area contributed by atoms with E-state index in [-0.39, 0.29) is 12.3 Å². The van der Waals surface area contributed by atoms with E-state index in [1.165, 1.54) is 5.56 Å². The van der Waals surface area contributed by atoms with E-state index in [0.717, 1.165) is 29.2 Å². The van der Waals surface area contributed by atoms with Crippen molar-refractivity contribution in [2.24, 2.45) is 5.10 Å². The molecule has 4 heteroatoms. The number of hydrogen-bond acceptors (Lipinski definition) is 4. The summed E-state index contributed by atoms with van der Waals surface area (Å²) in [5.41, 5.74) is 3.24. The molecular weight excluding hydrogens is 300 g/mol. The minimum Gasteiger partial charge on any atom is -0.464 e. The smallest absolute Gasteiger partial charge is 0.213 e. The standard InChI is InChI=1S/C20H16N2O2/c1-2-7-14(8-3-1)20-22-17(15-9-4-5-10-18(15)24-20)13-16(21-22)19-11-6-12-23-19/h1-12,17,20H,13H2/t17-,20-/m1/s1. The van der Waals surface area contributed by atoms with Crippen LogP contribution in [0.1, 0.15) is 35.6 Å². The van der Waals surface area contributed by atoms with Gasteiger partial charge in [0.05, 0.1) is 12.3 Å². The fourth-order valence-electron chi connectivity index (χ4n) is 3.46. The number of ether oxygens (including phenoxy) is 1. The van der Waals surface area contributed by atoms with Gasteiger partial charge in [-0.3, -0.25) is 0 Å². The second-order valence-corrected chi connectivity index (χ2v) is 6.04. The average molecular weight is 316 g/mol. The van der Waals surface area contributed by atoms with Gasteiger partial charge in [-0.1, -0.05) is 48.5 Å². The molecule has 0 saturated carbocycles. The predicted molar refractivity (Wildman–Crippen MR) is 90.7 cm³/mol. The first-order valence-electron chi connectivity index (χ1n) is 8.10. The Morgan fingerprint density at radius 1 is 0.917 bits per heavy atom. The molecule has 2 aromatic carbocycles. The van der Waals surface area contributed by atoms with Crippen LogP contribution in [0.3, 0.4) is 0 Å². The fraction of sp³-hybridized carbons (Fsp3) is 0.150. The molecule has 0 radical (unpaired) electrons. The molecule has 2 atom stereocenters. The van der Waals surface area contributed by atoms with Crippen LogP contribution in [0.2, 0.25) is 0 Å². The summed E-state index contributed by atoms with van der Waals surface area (Å²) in [6.07, 6.45) is 2.28. The largest absolute Gasteiger partial charge is 0.464 e. The van der Waals surface area contributed by atoms with Crippen LogP contribution in [0.4, 0.5) is 0 Å². The number of para-hydroxylation sites is 1. The summed E-state index contributed by atoms with van der Waals surface area (Å²) >= 11 is 0. The normalized spacial score (nSPS) is 21.7. The maximum atomic E-state index is 6.29. The zero-order valence-electron chi connectivity index (χ0n) is 13.0. The minimum absolute atomic E-state index is 0.167. The Morgan fingerprint density at radius 3 is 2.58 bits per heavy atom. The summed E-state index contributed by atoms with van der Waals surface area (Å²) < 4.78 is 11.8. The van der Waals surface area contributed by atoms with Crippen molar-refractivity contribution in [3.8, 4) is 5.75 Å². The molecule has 2 aliphatic heterocycles. The molecule has 0 bridgehead atoms. The van der Waals surface area contributed by atoms with Gasteiger partial charge < -0.3 is 9.15 Å². The summed E-state index contributed by atoms with van der Waals surface area (Å²) in [5, 5.41) is 6.91. The zero-order valence-corrected chi connectivity index (χ0v) is 13.0. The van der Waals surface area contributed by atoms with Gasteiger partial charge >= 0.3 is 0 Å². The lowest BCUT2D eigenvalue weighted by atomic mass is 9.97. The van der Waals surface area contributed by atoms with Gasteiger partial charge in [-0.2, -0.15) is 5.10 Å². The molecule has 0 unspecified atom stereocenters. The van der Waals surface area contributed by atoms with Crippen molar-refractivity contribution in [1.82, 2.24) is 5.01 Å². The highest BCUT2D eigenvalue weighted by atomic mass is 16.5. The summed E-state index contributed by atoms with van der Waals surface area (Å²) in [6, 6.07) is 22.5. The second kappa shape index (κ2) is 5.27. The number of fused-ring (bicyclic) bond motifs is 3. The molecule has 24 heavy (non-hydrogen) atoms. The van der Waals surface area contributed by atoms with Crippen LogP contribution in [-0.4, -0.2) is 10.7 Å². The van der Waals surface area contributed by atoms with Gasteiger partial charge in [-0.25, -0.2) is 5.01 Å². The first-order chi connectivity index (χ1) is 11.9. The number of hydrogen-bond donors (Lipinski definition) is 0. The number of furan rings is 1. The molecule has 0 fully saturated rings. The highest BCUT2D eigenvalue weighted by Crippen LogP contribution is 2.47. The molecule has 3 aromatic rings. The zero-order chi connectivity index (χ0) is 15.9. The molecule has 4 nitrogen and oxygen atoms in total. The van der Waals surface area contributed by atoms with Crippen molar-refractivity contribution in [1.29, 1.82) is 0 Å². The van der Waals surface area contributed by atoms with E-state index in [9.17, 15) is 0 Å². The molecule has 0 N–H and O–H groups in total. The Kier molecular flexibility index (Phi) is 2.95. The fourth-order valence-corrected chi connectivity index (χ4v) is 3.46. The molecule has 0 spiro atoms. The van der Waals surface area contributed by atoms with Crippen molar-refractivity contribution in [3.05, 3.63) is 89.9 Å². The van der Waals surface area contributed by atoms with Crippen LogP contribution < -0.4 is 4.74 Å². The maximum Gasteiger partial charge on any atom is 0.213 e. The molecule has 3 heterocycles. The molecule has 1 aromatic heterocycles. The van der Waals surface area contributed by atoms with Crippen LogP contribution in [-0.2, 0) is 0 Å². The number of hydrazone groups is 1. The predicted octanol–water partition coefficient (Wildman–Crippen LogP) is 4.52. The molecule has 0 amide bonds. The van der Waals surface area contributed by atoms with Crippen molar-refractivity contribution >= 4 is 5.71 Å². The first-order valence-corrected chi connectivity index (χ1v) is 8.10. The quantitative estimate of drug-likeness (QED) is 0.697. The second-order valence-electron chi connectivity index (χ2n) is 6.04. The van der Waals surface area contributed by atoms with Gasteiger partial charge in [0.15, 0.2) is 0 Å². The number of rotatable bonds is 2. The van der Waals surface area contributed by atoms with Gasteiger partial charge in [-0.05, 0) is 18.2 Å². The van der Waals surface area contributed by atoms with Crippen molar-refractivity contribution in [3.63, 3.8) is 0 Å². The lowest BCUT2D eigenvalue weighted by molar-refractivity contribution is -0.0190. The lowest BCUT2D eigenvalue weighted by Gasteiger charge is -2.38. The van der Waals surface area contributed by atoms with Gasteiger partial charge in [0.2, 0.25) is 6.23 Å². The third kappa shape index (κ3) is 2.03. The van der Waals surface area contributed by atoms with Crippen LogP contribution in [0.25, 0.3) is 0 Å². The van der Waals surface area contributed by atoms with E-state index in [4.69, 9.17) is 14.3 Å². The first kappa shape index (κ1) is 13.4. The van der Waals surface area contributed by atoms with Gasteiger partial charge in [0, 0.05) is 17.5 Å². The SMILES string of the molecule is c1ccc([C@H]2Oc3ccccc3[C@H]3CC(c4ccco4)=NN32)cc1. The highest BCUT2D eigenvalue weighted by molar-refractivity contribution is 5.99. The molecular formula is C20H16N2O2. The van der Waals surface area contributed by atoms with Gasteiger partial charge in [-0.15, -0.1) is 0 Å². The van der Waals surface area contributed by atoms with Crippen molar-refractivity contribution in [2.45, 2.75) is 18.7 Å². The molecule has 0 aliphatic carbocycles. The lowest BCUT2D eigenvalue weighted by Crippen LogP contribution is -2.33. The topological polar surface area (TPSA) is 38.0 Å². The van der Waals surface area contributed by atoms with Crippen molar-refractivity contribution in [2.75, 3.05) is 0 Å². The monoisotopic (exact) mass is 316 g/mol. The van der Waals surface area contributed by atoms with Gasteiger partial charge in [0.25, 0.3) is 0 Å². The Bertz CT molecular complexity index is 887. The summed E-state index contributed by atoms with van der Waals surface area (Å²) in [5.74, 6) is 1.76. The highest BCUT2D eigenvalue weighted by Gasteiger charge is 2.41. The van der Waals surface area contributed by atoms with Crippen LogP contribution >= 0.6 is 0 Å². The minimum atomic E-state index is -0.224. The van der Waals surface area contributed by atoms with E-state index in [2.05, 4.69) is 23.2 Å². The Hall–Kier alpha value is -3.01. The van der Waals surface area contributed by atoms with Crippen LogP contribution in [0.15, 0.2) is 82.5 Å². The summed E-state index contributed by atoms with van der Waals surface area (Å²) in [4.78, 5) is 0. The van der Waals surface area contributed by atoms with E-state index >= 15 is 0 Å². The van der Waals surface area contributed by atoms with Gasteiger partial charge in [0.1, 0.15) is 17.2 Å². The number of benzene rings is 2. The van der Waals surface area contributed by atoms with E-state index in [0.29, 0.717) is 0 Å². The molecule has 5 rings (SSSR count). The van der Waals surface area contributed by atoms with E-state index < -0.39 is 0 Å². The van der Waals surface area contributed by atoms with Crippen molar-refractivity contribution < 1.29 is 9.15 Å². The number of nitrogens with zero attached hydrogens (tertiary/aromatic N) is 2. The van der Waals surface area contributed by atoms with E-state index in [1.54, 1.807) is 6.26 Å². The molecule has 118 valence electrons. The maximum absolute atomic E-state index is 6.29. The third-order valence-electron chi connectivity index (χ3n) is 4.59.